The average Bonchev–Trinajstić information content (AvgIpc) is 2.44. The number of Topliss-reactive ketones (excluding diaryl/α,β-unsaturated/α-hetero) is 1. The number of hydrogen-bond acceptors (Lipinski definition) is 3. The van der Waals surface area contributed by atoms with Crippen LogP contribution < -0.4 is 0 Å². The van der Waals surface area contributed by atoms with Crippen molar-refractivity contribution in [2.24, 2.45) is 0 Å². The van der Waals surface area contributed by atoms with Crippen molar-refractivity contribution in [2.75, 3.05) is 7.05 Å². The Morgan fingerprint density at radius 2 is 2.00 bits per heavy atom. The normalized spacial score (nSPS) is 36.0. The summed E-state index contributed by atoms with van der Waals surface area (Å²) in [5, 5.41) is 10.7. The van der Waals surface area contributed by atoms with E-state index in [1.807, 2.05) is 25.2 Å². The lowest BCUT2D eigenvalue weighted by atomic mass is 9.71. The first kappa shape index (κ1) is 12.8. The molecule has 0 spiro atoms. The molecule has 3 nitrogen and oxygen atoms in total. The van der Waals surface area contributed by atoms with Gasteiger partial charge in [-0.1, -0.05) is 36.8 Å². The van der Waals surface area contributed by atoms with E-state index in [1.54, 1.807) is 0 Å². The van der Waals surface area contributed by atoms with Gasteiger partial charge in [0.1, 0.15) is 5.60 Å². The van der Waals surface area contributed by atoms with E-state index in [4.69, 9.17) is 0 Å². The number of aliphatic hydroxyl groups is 1. The number of nitrogens with zero attached hydrogens (tertiary/aromatic N) is 1. The minimum absolute atomic E-state index is 0.0206. The molecule has 1 aromatic rings. The minimum Gasteiger partial charge on any atom is -0.380 e. The minimum atomic E-state index is -1.10. The lowest BCUT2D eigenvalue weighted by molar-refractivity contribution is -0.162. The smallest absolute Gasteiger partial charge is 0.167 e. The molecule has 0 aromatic heterocycles. The van der Waals surface area contributed by atoms with Gasteiger partial charge in [0.25, 0.3) is 0 Å². The summed E-state index contributed by atoms with van der Waals surface area (Å²) in [4.78, 5) is 14.6. The topological polar surface area (TPSA) is 40.5 Å². The third-order valence-electron chi connectivity index (χ3n) is 4.87. The first-order valence-corrected chi connectivity index (χ1v) is 7.15. The molecule has 3 rings (SSSR count). The molecule has 1 aliphatic heterocycles. The van der Waals surface area contributed by atoms with Crippen molar-refractivity contribution in [3.8, 4) is 0 Å². The molecular weight excluding hydrogens is 238 g/mol. The first-order chi connectivity index (χ1) is 9.13. The molecule has 1 aliphatic carbocycles. The van der Waals surface area contributed by atoms with Gasteiger partial charge in [-0.3, -0.25) is 9.69 Å². The molecule has 0 amide bonds. The standard InChI is InChI=1S/C16H21NO2/c1-17-13(12-7-3-2-4-8-12)11-15(18)16(19)10-6-5-9-14(16)17/h2-4,7-8,13-14,19H,5-6,9-11H2,1H3. The molecule has 19 heavy (non-hydrogen) atoms. The van der Waals surface area contributed by atoms with Crippen LogP contribution >= 0.6 is 0 Å². The molecule has 1 N–H and O–H groups in total. The van der Waals surface area contributed by atoms with Crippen LogP contribution in [0.25, 0.3) is 0 Å². The summed E-state index contributed by atoms with van der Waals surface area (Å²) in [6.07, 6.45) is 4.03. The van der Waals surface area contributed by atoms with Crippen LogP contribution in [0.4, 0.5) is 0 Å². The quantitative estimate of drug-likeness (QED) is 0.841. The van der Waals surface area contributed by atoms with E-state index < -0.39 is 5.60 Å². The van der Waals surface area contributed by atoms with E-state index in [2.05, 4.69) is 17.0 Å². The molecule has 0 radical (unpaired) electrons. The number of benzene rings is 1. The van der Waals surface area contributed by atoms with Crippen LogP contribution in [0.3, 0.4) is 0 Å². The summed E-state index contributed by atoms with van der Waals surface area (Å²) < 4.78 is 0. The number of carbonyl (C=O) groups excluding carboxylic acids is 1. The maximum absolute atomic E-state index is 12.4. The van der Waals surface area contributed by atoms with Gasteiger partial charge in [0.05, 0.1) is 0 Å². The van der Waals surface area contributed by atoms with Crippen molar-refractivity contribution in [2.45, 2.75) is 49.8 Å². The van der Waals surface area contributed by atoms with E-state index in [9.17, 15) is 9.90 Å². The lowest BCUT2D eigenvalue weighted by Crippen LogP contribution is -2.62. The molecule has 1 saturated carbocycles. The van der Waals surface area contributed by atoms with Crippen molar-refractivity contribution in [3.05, 3.63) is 35.9 Å². The number of piperidine rings is 1. The summed E-state index contributed by atoms with van der Waals surface area (Å²) >= 11 is 0. The van der Waals surface area contributed by atoms with Crippen LogP contribution in [-0.4, -0.2) is 34.5 Å². The highest BCUT2D eigenvalue weighted by Gasteiger charge is 2.52. The average molecular weight is 259 g/mol. The molecule has 0 bridgehead atoms. The van der Waals surface area contributed by atoms with Crippen LogP contribution in [0.5, 0.6) is 0 Å². The van der Waals surface area contributed by atoms with Gasteiger partial charge in [-0.25, -0.2) is 0 Å². The van der Waals surface area contributed by atoms with Crippen LogP contribution in [0.2, 0.25) is 0 Å². The third-order valence-corrected chi connectivity index (χ3v) is 4.87. The summed E-state index contributed by atoms with van der Waals surface area (Å²) in [5.74, 6) is 0.0316. The zero-order chi connectivity index (χ0) is 13.5. The van der Waals surface area contributed by atoms with Crippen LogP contribution in [0, 0.1) is 0 Å². The van der Waals surface area contributed by atoms with Gasteiger partial charge in [0.15, 0.2) is 5.78 Å². The Bertz CT molecular complexity index is 473. The number of ketones is 1. The lowest BCUT2D eigenvalue weighted by Gasteiger charge is -2.50. The zero-order valence-corrected chi connectivity index (χ0v) is 11.4. The van der Waals surface area contributed by atoms with E-state index in [0.29, 0.717) is 12.8 Å². The van der Waals surface area contributed by atoms with E-state index in [-0.39, 0.29) is 17.9 Å². The molecule has 1 saturated heterocycles. The van der Waals surface area contributed by atoms with E-state index in [0.717, 1.165) is 19.3 Å². The van der Waals surface area contributed by atoms with Crippen molar-refractivity contribution >= 4 is 5.78 Å². The monoisotopic (exact) mass is 259 g/mol. The maximum atomic E-state index is 12.4. The number of rotatable bonds is 1. The molecule has 3 atom stereocenters. The molecule has 102 valence electrons. The number of likely N-dealkylation sites (tertiary alicyclic amines) is 1. The van der Waals surface area contributed by atoms with Crippen molar-refractivity contribution in [1.82, 2.24) is 4.90 Å². The summed E-state index contributed by atoms with van der Waals surface area (Å²) in [5.41, 5.74) is 0.0733. The second-order valence-electron chi connectivity index (χ2n) is 5.91. The second-order valence-corrected chi connectivity index (χ2v) is 5.91. The van der Waals surface area contributed by atoms with Gasteiger partial charge in [0, 0.05) is 18.5 Å². The van der Waals surface area contributed by atoms with Crippen molar-refractivity contribution in [3.63, 3.8) is 0 Å². The zero-order valence-electron chi connectivity index (χ0n) is 11.4. The molecule has 2 fully saturated rings. The Hall–Kier alpha value is -1.19. The van der Waals surface area contributed by atoms with E-state index in [1.165, 1.54) is 5.56 Å². The number of likely N-dealkylation sites (N-methyl/N-ethyl adjacent to an activating group) is 1. The largest absolute Gasteiger partial charge is 0.380 e. The van der Waals surface area contributed by atoms with Gasteiger partial charge < -0.3 is 5.11 Å². The Kier molecular flexibility index (Phi) is 3.19. The highest BCUT2D eigenvalue weighted by atomic mass is 16.3. The number of hydrogen-bond donors (Lipinski definition) is 1. The summed E-state index contributed by atoms with van der Waals surface area (Å²) in [7, 11) is 2.05. The van der Waals surface area contributed by atoms with Gasteiger partial charge >= 0.3 is 0 Å². The molecule has 3 unspecified atom stereocenters. The van der Waals surface area contributed by atoms with Crippen molar-refractivity contribution in [1.29, 1.82) is 0 Å². The van der Waals surface area contributed by atoms with Gasteiger partial charge in [0.2, 0.25) is 0 Å². The Balaban J connectivity index is 1.93. The predicted octanol–water partition coefficient (Wildman–Crippen LogP) is 2.31. The Morgan fingerprint density at radius 1 is 1.26 bits per heavy atom. The molecule has 2 aliphatic rings. The molecule has 1 aromatic carbocycles. The fourth-order valence-electron chi connectivity index (χ4n) is 3.75. The van der Waals surface area contributed by atoms with Gasteiger partial charge in [-0.05, 0) is 31.9 Å². The van der Waals surface area contributed by atoms with Gasteiger partial charge in [-0.15, -0.1) is 0 Å². The number of carbonyl (C=O) groups is 1. The summed E-state index contributed by atoms with van der Waals surface area (Å²) in [6, 6.07) is 10.2. The number of fused-ring (bicyclic) bond motifs is 1. The highest BCUT2D eigenvalue weighted by molar-refractivity contribution is 5.89. The Labute approximate surface area is 114 Å². The van der Waals surface area contributed by atoms with Gasteiger partial charge in [-0.2, -0.15) is 0 Å². The fraction of sp³-hybridized carbons (Fsp3) is 0.562. The third kappa shape index (κ3) is 2.01. The second kappa shape index (κ2) is 4.73. The van der Waals surface area contributed by atoms with Crippen LogP contribution in [-0.2, 0) is 4.79 Å². The van der Waals surface area contributed by atoms with Crippen molar-refractivity contribution < 1.29 is 9.90 Å². The molecule has 3 heteroatoms. The van der Waals surface area contributed by atoms with Crippen LogP contribution in [0.1, 0.15) is 43.7 Å². The Morgan fingerprint density at radius 3 is 2.74 bits per heavy atom. The molecule has 1 heterocycles. The summed E-state index contributed by atoms with van der Waals surface area (Å²) in [6.45, 7) is 0. The SMILES string of the molecule is CN1C(c2ccccc2)CC(=O)C2(O)CCCCC12. The first-order valence-electron chi connectivity index (χ1n) is 7.15. The maximum Gasteiger partial charge on any atom is 0.167 e. The van der Waals surface area contributed by atoms with E-state index >= 15 is 0 Å². The molecular formula is C16H21NO2. The van der Waals surface area contributed by atoms with Crippen LogP contribution in [0.15, 0.2) is 30.3 Å². The predicted molar refractivity (Wildman–Crippen MR) is 73.8 cm³/mol. The highest BCUT2D eigenvalue weighted by Crippen LogP contribution is 2.42. The fourth-order valence-corrected chi connectivity index (χ4v) is 3.75.